The van der Waals surface area contributed by atoms with Gasteiger partial charge in [0.1, 0.15) is 11.6 Å². The van der Waals surface area contributed by atoms with E-state index in [0.29, 0.717) is 11.1 Å². The van der Waals surface area contributed by atoms with Gasteiger partial charge in [-0.1, -0.05) is 37.3 Å². The molecule has 1 N–H and O–H groups in total. The quantitative estimate of drug-likeness (QED) is 0.649. The standard InChI is InChI=1S/C19H20FNOS/c1-4-19(21-3,14-8-6-5-7-9-14)22-16-11-10-15(20)17-13(2)12-23-18(16)17/h5-12,21H,4H2,1-3H3/t19-/m1/s1. The Morgan fingerprint density at radius 3 is 2.57 bits per heavy atom. The first-order valence-electron chi connectivity index (χ1n) is 7.71. The Hall–Kier alpha value is -1.91. The van der Waals surface area contributed by atoms with Crippen LogP contribution in [0, 0.1) is 12.7 Å². The molecule has 3 aromatic rings. The van der Waals surface area contributed by atoms with Crippen LogP contribution in [0.25, 0.3) is 10.1 Å². The molecular weight excluding hydrogens is 309 g/mol. The molecule has 3 rings (SSSR count). The lowest BCUT2D eigenvalue weighted by atomic mass is 10.00. The van der Waals surface area contributed by atoms with Crippen molar-refractivity contribution in [2.45, 2.75) is 26.0 Å². The van der Waals surface area contributed by atoms with E-state index in [4.69, 9.17) is 4.74 Å². The minimum absolute atomic E-state index is 0.197. The van der Waals surface area contributed by atoms with Crippen LogP contribution in [0.2, 0.25) is 0 Å². The maximum Gasteiger partial charge on any atom is 0.186 e. The molecule has 0 radical (unpaired) electrons. The zero-order valence-corrected chi connectivity index (χ0v) is 14.3. The summed E-state index contributed by atoms with van der Waals surface area (Å²) in [7, 11) is 1.89. The molecule has 0 unspecified atom stereocenters. The number of hydrogen-bond donors (Lipinski definition) is 1. The summed E-state index contributed by atoms with van der Waals surface area (Å²) in [6.45, 7) is 4.00. The number of ether oxygens (including phenoxy) is 1. The second kappa shape index (κ2) is 6.30. The van der Waals surface area contributed by atoms with Crippen LogP contribution in [-0.2, 0) is 5.72 Å². The average molecular weight is 329 g/mol. The van der Waals surface area contributed by atoms with Gasteiger partial charge in [-0.2, -0.15) is 0 Å². The van der Waals surface area contributed by atoms with Gasteiger partial charge in [0, 0.05) is 17.4 Å². The molecule has 0 saturated carbocycles. The SMILES string of the molecule is CC[C@@](NC)(Oc1ccc(F)c2c(C)csc12)c1ccccc1. The van der Waals surface area contributed by atoms with E-state index >= 15 is 0 Å². The summed E-state index contributed by atoms with van der Waals surface area (Å²) < 4.78 is 21.4. The van der Waals surface area contributed by atoms with E-state index in [0.717, 1.165) is 22.2 Å². The van der Waals surface area contributed by atoms with Crippen molar-refractivity contribution in [1.29, 1.82) is 0 Å². The highest BCUT2D eigenvalue weighted by atomic mass is 32.1. The molecule has 120 valence electrons. The normalized spacial score (nSPS) is 13.9. The molecule has 0 fully saturated rings. The van der Waals surface area contributed by atoms with E-state index < -0.39 is 5.72 Å². The summed E-state index contributed by atoms with van der Waals surface area (Å²) in [5.41, 5.74) is 1.36. The van der Waals surface area contributed by atoms with Gasteiger partial charge in [0.2, 0.25) is 0 Å². The molecular formula is C19H20FNOS. The van der Waals surface area contributed by atoms with Crippen LogP contribution in [-0.4, -0.2) is 7.05 Å². The van der Waals surface area contributed by atoms with Gasteiger partial charge in [0.15, 0.2) is 5.72 Å². The summed E-state index contributed by atoms with van der Waals surface area (Å²) in [6, 6.07) is 13.3. The third-order valence-electron chi connectivity index (χ3n) is 4.24. The number of aryl methyl sites for hydroxylation is 1. The number of nitrogens with one attached hydrogen (secondary N) is 1. The Kier molecular flexibility index (Phi) is 4.37. The average Bonchev–Trinajstić information content (AvgIpc) is 2.99. The second-order valence-electron chi connectivity index (χ2n) is 5.57. The smallest absolute Gasteiger partial charge is 0.186 e. The molecule has 2 nitrogen and oxygen atoms in total. The zero-order valence-electron chi connectivity index (χ0n) is 13.5. The number of fused-ring (bicyclic) bond motifs is 1. The molecule has 0 aliphatic carbocycles. The van der Waals surface area contributed by atoms with Gasteiger partial charge in [-0.05, 0) is 37.0 Å². The van der Waals surface area contributed by atoms with E-state index in [1.165, 1.54) is 17.4 Å². The number of rotatable bonds is 5. The number of benzene rings is 2. The number of hydrogen-bond acceptors (Lipinski definition) is 3. The van der Waals surface area contributed by atoms with Crippen molar-refractivity contribution in [2.24, 2.45) is 0 Å². The fourth-order valence-electron chi connectivity index (χ4n) is 2.91. The van der Waals surface area contributed by atoms with Crippen molar-refractivity contribution in [3.8, 4) is 5.75 Å². The van der Waals surface area contributed by atoms with Gasteiger partial charge in [0.25, 0.3) is 0 Å². The Morgan fingerprint density at radius 2 is 1.91 bits per heavy atom. The Morgan fingerprint density at radius 1 is 1.17 bits per heavy atom. The lowest BCUT2D eigenvalue weighted by Gasteiger charge is -2.34. The van der Waals surface area contributed by atoms with Crippen LogP contribution >= 0.6 is 11.3 Å². The fraction of sp³-hybridized carbons (Fsp3) is 0.263. The maximum absolute atomic E-state index is 14.1. The van der Waals surface area contributed by atoms with Crippen LogP contribution in [0.15, 0.2) is 47.8 Å². The molecule has 0 spiro atoms. The van der Waals surface area contributed by atoms with E-state index in [-0.39, 0.29) is 5.82 Å². The largest absolute Gasteiger partial charge is 0.467 e. The molecule has 0 amide bonds. The van der Waals surface area contributed by atoms with Gasteiger partial charge in [0.05, 0.1) is 4.70 Å². The lowest BCUT2D eigenvalue weighted by Crippen LogP contribution is -2.45. The van der Waals surface area contributed by atoms with Crippen molar-refractivity contribution in [2.75, 3.05) is 7.05 Å². The van der Waals surface area contributed by atoms with Crippen LogP contribution in [0.4, 0.5) is 4.39 Å². The first kappa shape index (κ1) is 16.0. The zero-order chi connectivity index (χ0) is 16.4. The highest BCUT2D eigenvalue weighted by Gasteiger charge is 2.31. The van der Waals surface area contributed by atoms with Gasteiger partial charge in [-0.3, -0.25) is 5.32 Å². The molecule has 1 aromatic heterocycles. The second-order valence-corrected chi connectivity index (χ2v) is 6.45. The molecule has 4 heteroatoms. The van der Waals surface area contributed by atoms with E-state index in [1.807, 2.05) is 49.7 Å². The van der Waals surface area contributed by atoms with Crippen molar-refractivity contribution in [1.82, 2.24) is 5.32 Å². The number of halogens is 1. The highest BCUT2D eigenvalue weighted by molar-refractivity contribution is 7.17. The molecule has 1 atom stereocenters. The summed E-state index contributed by atoms with van der Waals surface area (Å²) in [5.74, 6) is 0.511. The Balaban J connectivity index is 2.10. The lowest BCUT2D eigenvalue weighted by molar-refractivity contribution is 0.0344. The van der Waals surface area contributed by atoms with Crippen LogP contribution in [0.5, 0.6) is 5.75 Å². The van der Waals surface area contributed by atoms with Crippen molar-refractivity contribution in [3.63, 3.8) is 0 Å². The van der Waals surface area contributed by atoms with Crippen molar-refractivity contribution >= 4 is 21.4 Å². The minimum Gasteiger partial charge on any atom is -0.467 e. The maximum atomic E-state index is 14.1. The third kappa shape index (κ3) is 2.73. The van der Waals surface area contributed by atoms with E-state index in [1.54, 1.807) is 6.07 Å². The Labute approximate surface area is 139 Å². The molecule has 0 saturated heterocycles. The predicted molar refractivity (Wildman–Crippen MR) is 94.6 cm³/mol. The molecule has 1 heterocycles. The summed E-state index contributed by atoms with van der Waals surface area (Å²) >= 11 is 1.52. The van der Waals surface area contributed by atoms with E-state index in [2.05, 4.69) is 12.2 Å². The van der Waals surface area contributed by atoms with Crippen LogP contribution < -0.4 is 10.1 Å². The summed E-state index contributed by atoms with van der Waals surface area (Å²) in [5, 5.41) is 5.93. The van der Waals surface area contributed by atoms with Crippen LogP contribution in [0.3, 0.4) is 0 Å². The molecule has 0 aliphatic rings. The van der Waals surface area contributed by atoms with Crippen LogP contribution in [0.1, 0.15) is 24.5 Å². The summed E-state index contributed by atoms with van der Waals surface area (Å²) in [4.78, 5) is 0. The monoisotopic (exact) mass is 329 g/mol. The molecule has 23 heavy (non-hydrogen) atoms. The van der Waals surface area contributed by atoms with Gasteiger partial charge in [-0.25, -0.2) is 4.39 Å². The molecule has 0 aliphatic heterocycles. The first-order valence-corrected chi connectivity index (χ1v) is 8.59. The first-order chi connectivity index (χ1) is 11.1. The van der Waals surface area contributed by atoms with Crippen molar-refractivity contribution in [3.05, 3.63) is 64.8 Å². The van der Waals surface area contributed by atoms with Gasteiger partial charge < -0.3 is 4.74 Å². The topological polar surface area (TPSA) is 21.3 Å². The fourth-order valence-corrected chi connectivity index (χ4v) is 3.93. The van der Waals surface area contributed by atoms with E-state index in [9.17, 15) is 4.39 Å². The predicted octanol–water partition coefficient (Wildman–Crippen LogP) is 5.21. The summed E-state index contributed by atoms with van der Waals surface area (Å²) in [6.07, 6.45) is 0.747. The van der Waals surface area contributed by atoms with Gasteiger partial charge >= 0.3 is 0 Å². The van der Waals surface area contributed by atoms with Crippen molar-refractivity contribution < 1.29 is 9.13 Å². The molecule has 0 bridgehead atoms. The number of thiophene rings is 1. The highest BCUT2D eigenvalue weighted by Crippen LogP contribution is 2.39. The van der Waals surface area contributed by atoms with Gasteiger partial charge in [-0.15, -0.1) is 11.3 Å². The minimum atomic E-state index is -0.635. The molecule has 2 aromatic carbocycles. The third-order valence-corrected chi connectivity index (χ3v) is 5.36. The Bertz CT molecular complexity index is 809.